The molecule has 0 spiro atoms. The Balaban J connectivity index is 0.000000323. The Morgan fingerprint density at radius 2 is 1.04 bits per heavy atom. The monoisotopic (exact) mass is 936 g/mol. The molecule has 3 aromatic rings. The highest BCUT2D eigenvalue weighted by Crippen LogP contribution is 2.41. The van der Waals surface area contributed by atoms with E-state index in [0.717, 1.165) is 42.4 Å². The van der Waals surface area contributed by atoms with Gasteiger partial charge in [0.2, 0.25) is 11.8 Å². The molecular formula is C57H81N3O8. The van der Waals surface area contributed by atoms with Crippen LogP contribution in [0.2, 0.25) is 0 Å². The molecule has 3 aliphatic heterocycles. The molecule has 0 unspecified atom stereocenters. The molecule has 3 fully saturated rings. The van der Waals surface area contributed by atoms with E-state index < -0.39 is 29.8 Å². The van der Waals surface area contributed by atoms with Crippen LogP contribution in [0.15, 0.2) is 72.8 Å². The fourth-order valence-corrected chi connectivity index (χ4v) is 9.98. The van der Waals surface area contributed by atoms with Gasteiger partial charge in [0.05, 0.1) is 57.0 Å². The predicted octanol–water partition coefficient (Wildman–Crippen LogP) is 10.2. The molecule has 3 heterocycles. The van der Waals surface area contributed by atoms with E-state index in [-0.39, 0.29) is 66.9 Å². The minimum atomic E-state index is -0.475. The van der Waals surface area contributed by atoms with Crippen molar-refractivity contribution in [2.75, 3.05) is 32.2 Å². The van der Waals surface area contributed by atoms with Crippen molar-refractivity contribution in [1.29, 1.82) is 0 Å². The van der Waals surface area contributed by atoms with Gasteiger partial charge >= 0.3 is 11.9 Å². The number of carbonyl (C=O) groups excluding carboxylic acids is 6. The van der Waals surface area contributed by atoms with E-state index in [1.54, 1.807) is 9.80 Å². The van der Waals surface area contributed by atoms with Gasteiger partial charge in [-0.1, -0.05) is 122 Å². The zero-order chi connectivity index (χ0) is 49.2. The Morgan fingerprint density at radius 3 is 1.44 bits per heavy atom. The van der Waals surface area contributed by atoms with E-state index in [9.17, 15) is 28.8 Å². The maximum absolute atomic E-state index is 13.4. The minimum absolute atomic E-state index is 0. The number of anilines is 1. The number of Topliss-reactive ketones (excluding diaryl/α,β-unsaturated/α-hetero) is 2. The van der Waals surface area contributed by atoms with Gasteiger partial charge in [-0.3, -0.25) is 28.8 Å². The topological polar surface area (TPSA) is 131 Å². The number of benzene rings is 3. The first kappa shape index (κ1) is 55.3. The van der Waals surface area contributed by atoms with Crippen LogP contribution >= 0.6 is 0 Å². The maximum atomic E-state index is 13.4. The van der Waals surface area contributed by atoms with Crippen LogP contribution in [-0.2, 0) is 56.5 Å². The van der Waals surface area contributed by atoms with Gasteiger partial charge in [0, 0.05) is 37.7 Å². The Bertz CT molecular complexity index is 2160. The summed E-state index contributed by atoms with van der Waals surface area (Å²) in [6.07, 6.45) is 5.97. The Labute approximate surface area is 407 Å². The number of ether oxygens (including phenoxy) is 2. The number of aryl methyl sites for hydroxylation is 1. The summed E-state index contributed by atoms with van der Waals surface area (Å²) in [4.78, 5) is 82.2. The SMILES string of the molecule is C.COC(=O)C[C@H](C(=O)N1CCC[C@H]1C(=O)Cc1ccc(C)cc1)C(C)C.COC(=O)C[C@H](C(=O)N1CCC[C@H]1C(=O)Cc1ccc([C@@H]2CC[C@@H](C)N2c2ccc(C(C)(C)C)cc2)cc1)C(C)C. The lowest BCUT2D eigenvalue weighted by Gasteiger charge is -2.32. The van der Waals surface area contributed by atoms with Gasteiger partial charge in [-0.15, -0.1) is 0 Å². The van der Waals surface area contributed by atoms with E-state index in [4.69, 9.17) is 9.47 Å². The van der Waals surface area contributed by atoms with Crippen LogP contribution in [0.4, 0.5) is 5.69 Å². The van der Waals surface area contributed by atoms with Crippen molar-refractivity contribution in [3.05, 3.63) is 101 Å². The van der Waals surface area contributed by atoms with Crippen LogP contribution in [0.1, 0.15) is 148 Å². The van der Waals surface area contributed by atoms with Crippen molar-refractivity contribution in [3.8, 4) is 0 Å². The molecule has 6 atom stereocenters. The van der Waals surface area contributed by atoms with Gasteiger partial charge in [-0.25, -0.2) is 0 Å². The molecule has 3 saturated heterocycles. The number of nitrogens with zero attached hydrogens (tertiary/aromatic N) is 3. The highest BCUT2D eigenvalue weighted by Gasteiger charge is 2.40. The highest BCUT2D eigenvalue weighted by atomic mass is 16.5. The van der Waals surface area contributed by atoms with Crippen LogP contribution < -0.4 is 4.90 Å². The molecule has 0 aromatic heterocycles. The summed E-state index contributed by atoms with van der Waals surface area (Å²) in [5.74, 6) is -1.79. The molecule has 0 saturated carbocycles. The van der Waals surface area contributed by atoms with Crippen LogP contribution in [0.3, 0.4) is 0 Å². The quantitative estimate of drug-likeness (QED) is 0.129. The average Bonchev–Trinajstić information content (AvgIpc) is 4.08. The van der Waals surface area contributed by atoms with Crippen molar-refractivity contribution < 1.29 is 38.2 Å². The van der Waals surface area contributed by atoms with Crippen LogP contribution in [0, 0.1) is 30.6 Å². The van der Waals surface area contributed by atoms with Gasteiger partial charge in [-0.05, 0) is 104 Å². The summed E-state index contributed by atoms with van der Waals surface area (Å²) in [5, 5.41) is 0. The molecule has 2 amide bonds. The lowest BCUT2D eigenvalue weighted by Crippen LogP contribution is -2.45. The summed E-state index contributed by atoms with van der Waals surface area (Å²) >= 11 is 0. The van der Waals surface area contributed by atoms with Crippen molar-refractivity contribution in [1.82, 2.24) is 9.80 Å². The molecule has 68 heavy (non-hydrogen) atoms. The number of likely N-dealkylation sites (tertiary alicyclic amines) is 2. The second-order valence-corrected chi connectivity index (χ2v) is 20.8. The Kier molecular flexibility index (Phi) is 20.2. The third kappa shape index (κ3) is 14.1. The molecule has 0 N–H and O–H groups in total. The van der Waals surface area contributed by atoms with Crippen molar-refractivity contribution in [2.24, 2.45) is 23.7 Å². The number of carbonyl (C=O) groups is 6. The van der Waals surface area contributed by atoms with Crippen LogP contribution in [0.5, 0.6) is 0 Å². The zero-order valence-corrected chi connectivity index (χ0v) is 42.1. The predicted molar refractivity (Wildman–Crippen MR) is 270 cm³/mol. The van der Waals surface area contributed by atoms with Gasteiger partial charge in [0.15, 0.2) is 11.6 Å². The standard InChI is InChI=1S/C35H48N2O4.C21H29NO4.CH4/c1-23(2)29(22-33(39)41-7)34(40)36-20-8-9-31(36)32(38)21-25-11-13-26(14-12-25)30-19-10-24(3)37(30)28-17-15-27(16-18-28)35(4,5)6;1-14(2)17(13-20(24)26-4)21(25)22-11-5-6-18(22)19(23)12-16-9-7-15(3)8-10-16;/h11-18,23-24,29-31H,8-10,19-22H2,1-7H3;7-10,14,17-18H,5-6,11-13H2,1-4H3;1H4/t24-,29+,30+,31+;17-,18-;/m10./s1. The molecule has 0 aliphatic carbocycles. The molecule has 11 nitrogen and oxygen atoms in total. The van der Waals surface area contributed by atoms with E-state index in [1.165, 1.54) is 31.0 Å². The van der Waals surface area contributed by atoms with Crippen LogP contribution in [-0.4, -0.2) is 90.6 Å². The number of hydrogen-bond donors (Lipinski definition) is 0. The van der Waals surface area contributed by atoms with E-state index >= 15 is 0 Å². The fourth-order valence-electron chi connectivity index (χ4n) is 9.98. The van der Waals surface area contributed by atoms with E-state index in [2.05, 4.69) is 81.1 Å². The van der Waals surface area contributed by atoms with Gasteiger partial charge in [0.1, 0.15) is 0 Å². The number of rotatable bonds is 16. The molecule has 0 bridgehead atoms. The molecule has 11 heteroatoms. The van der Waals surface area contributed by atoms with E-state index in [0.29, 0.717) is 50.9 Å². The lowest BCUT2D eigenvalue weighted by molar-refractivity contribution is -0.149. The molecule has 0 radical (unpaired) electrons. The third-order valence-electron chi connectivity index (χ3n) is 14.2. The average molecular weight is 936 g/mol. The summed E-state index contributed by atoms with van der Waals surface area (Å²) in [5.41, 5.74) is 7.08. The molecular weight excluding hydrogens is 855 g/mol. The summed E-state index contributed by atoms with van der Waals surface area (Å²) in [7, 11) is 2.67. The van der Waals surface area contributed by atoms with Gasteiger partial charge in [0.25, 0.3) is 0 Å². The second-order valence-electron chi connectivity index (χ2n) is 20.8. The van der Waals surface area contributed by atoms with Crippen molar-refractivity contribution in [3.63, 3.8) is 0 Å². The summed E-state index contributed by atoms with van der Waals surface area (Å²) < 4.78 is 9.55. The number of amides is 2. The Morgan fingerprint density at radius 1 is 0.618 bits per heavy atom. The van der Waals surface area contributed by atoms with Gasteiger partial charge < -0.3 is 24.2 Å². The fraction of sp³-hybridized carbons (Fsp3) is 0.579. The summed E-state index contributed by atoms with van der Waals surface area (Å²) in [6.45, 7) is 19.9. The first-order valence-electron chi connectivity index (χ1n) is 24.6. The Hall–Kier alpha value is -5.32. The number of ketones is 2. The summed E-state index contributed by atoms with van der Waals surface area (Å²) in [6, 6.07) is 25.4. The maximum Gasteiger partial charge on any atom is 0.306 e. The number of esters is 2. The first-order chi connectivity index (χ1) is 31.7. The third-order valence-corrected chi connectivity index (χ3v) is 14.2. The largest absolute Gasteiger partial charge is 0.469 e. The van der Waals surface area contributed by atoms with E-state index in [1.807, 2.05) is 58.9 Å². The number of hydrogen-bond acceptors (Lipinski definition) is 9. The molecule has 372 valence electrons. The minimum Gasteiger partial charge on any atom is -0.469 e. The lowest BCUT2D eigenvalue weighted by atomic mass is 9.87. The zero-order valence-electron chi connectivity index (χ0n) is 42.1. The molecule has 6 rings (SSSR count). The van der Waals surface area contributed by atoms with Crippen molar-refractivity contribution in [2.45, 2.75) is 164 Å². The van der Waals surface area contributed by atoms with Crippen LogP contribution in [0.25, 0.3) is 0 Å². The smallest absolute Gasteiger partial charge is 0.306 e. The highest BCUT2D eigenvalue weighted by molar-refractivity contribution is 5.93. The second kappa shape index (κ2) is 24.8. The van der Waals surface area contributed by atoms with Crippen molar-refractivity contribution >= 4 is 41.0 Å². The first-order valence-corrected chi connectivity index (χ1v) is 24.6. The normalized spacial score (nSPS) is 20.0. The molecule has 3 aromatic carbocycles. The van der Waals surface area contributed by atoms with Gasteiger partial charge in [-0.2, -0.15) is 0 Å². The number of methoxy groups -OCH3 is 2. The molecule has 3 aliphatic rings.